The van der Waals surface area contributed by atoms with E-state index >= 15 is 0 Å². The number of fused-ring (bicyclic) bond motifs is 1. The number of aromatic nitrogens is 1. The molecule has 3 N–H and O–H groups in total. The zero-order chi connectivity index (χ0) is 21.6. The first-order chi connectivity index (χ1) is 15.1. The van der Waals surface area contributed by atoms with Crippen LogP contribution in [-0.4, -0.2) is 37.0 Å². The van der Waals surface area contributed by atoms with Gasteiger partial charge in [-0.25, -0.2) is 4.98 Å². The van der Waals surface area contributed by atoms with E-state index in [0.717, 1.165) is 46.4 Å². The van der Waals surface area contributed by atoms with Gasteiger partial charge in [0, 0.05) is 55.5 Å². The molecular weight excluding hydrogens is 406 g/mol. The van der Waals surface area contributed by atoms with Crippen molar-refractivity contribution in [3.63, 3.8) is 0 Å². The number of thiazole rings is 1. The number of aliphatic imine (C=N–C) groups is 1. The Balaban J connectivity index is 1.28. The van der Waals surface area contributed by atoms with Gasteiger partial charge < -0.3 is 16.0 Å². The molecule has 0 bridgehead atoms. The van der Waals surface area contributed by atoms with Gasteiger partial charge in [0.2, 0.25) is 5.91 Å². The molecule has 31 heavy (non-hydrogen) atoms. The summed E-state index contributed by atoms with van der Waals surface area (Å²) in [5.74, 6) is 0.915. The smallest absolute Gasteiger partial charge is 0.225 e. The number of rotatable bonds is 6. The summed E-state index contributed by atoms with van der Waals surface area (Å²) >= 11 is 1.67. The van der Waals surface area contributed by atoms with Crippen molar-refractivity contribution in [2.75, 3.05) is 25.5 Å². The van der Waals surface area contributed by atoms with E-state index in [1.807, 2.05) is 18.2 Å². The maximum Gasteiger partial charge on any atom is 0.225 e. The first-order valence-corrected chi connectivity index (χ1v) is 11.3. The molecule has 3 aromatic rings. The summed E-state index contributed by atoms with van der Waals surface area (Å²) < 4.78 is 0. The van der Waals surface area contributed by atoms with Gasteiger partial charge in [0.15, 0.2) is 5.96 Å². The molecule has 0 spiro atoms. The highest BCUT2D eigenvalue weighted by molar-refractivity contribution is 7.13. The summed E-state index contributed by atoms with van der Waals surface area (Å²) in [5.41, 5.74) is 5.55. The van der Waals surface area contributed by atoms with Gasteiger partial charge in [-0.1, -0.05) is 48.0 Å². The van der Waals surface area contributed by atoms with Gasteiger partial charge >= 0.3 is 0 Å². The van der Waals surface area contributed by atoms with Crippen molar-refractivity contribution in [1.29, 1.82) is 0 Å². The zero-order valence-electron chi connectivity index (χ0n) is 17.8. The zero-order valence-corrected chi connectivity index (χ0v) is 18.6. The third-order valence-corrected chi connectivity index (χ3v) is 6.31. The lowest BCUT2D eigenvalue weighted by Gasteiger charge is -2.26. The molecule has 0 radical (unpaired) electrons. The van der Waals surface area contributed by atoms with E-state index in [4.69, 9.17) is 4.98 Å². The molecule has 6 nitrogen and oxygen atoms in total. The number of aryl methyl sites for hydroxylation is 1. The number of amides is 1. The van der Waals surface area contributed by atoms with Gasteiger partial charge in [-0.2, -0.15) is 0 Å². The third-order valence-electron chi connectivity index (χ3n) is 5.37. The monoisotopic (exact) mass is 433 g/mol. The van der Waals surface area contributed by atoms with Crippen LogP contribution >= 0.6 is 11.3 Å². The van der Waals surface area contributed by atoms with E-state index in [0.29, 0.717) is 13.0 Å². The molecule has 1 aromatic heterocycles. The van der Waals surface area contributed by atoms with Crippen LogP contribution < -0.4 is 16.0 Å². The molecule has 1 unspecified atom stereocenters. The van der Waals surface area contributed by atoms with Crippen LogP contribution in [0.15, 0.2) is 58.9 Å². The first-order valence-electron chi connectivity index (χ1n) is 10.5. The van der Waals surface area contributed by atoms with Crippen LogP contribution in [0, 0.1) is 6.92 Å². The predicted octanol–water partition coefficient (Wildman–Crippen LogP) is 3.95. The van der Waals surface area contributed by atoms with Gasteiger partial charge in [-0.05, 0) is 18.6 Å². The van der Waals surface area contributed by atoms with Gasteiger partial charge in [0.05, 0.1) is 5.69 Å². The molecule has 0 saturated heterocycles. The number of para-hydroxylation sites is 1. The Bertz CT molecular complexity index is 1070. The van der Waals surface area contributed by atoms with Crippen molar-refractivity contribution < 1.29 is 4.79 Å². The lowest BCUT2D eigenvalue weighted by atomic mass is 9.90. The molecule has 1 aliphatic heterocycles. The molecule has 160 valence electrons. The molecule has 1 amide bonds. The van der Waals surface area contributed by atoms with Gasteiger partial charge in [-0.15, -0.1) is 11.3 Å². The van der Waals surface area contributed by atoms with E-state index in [9.17, 15) is 4.79 Å². The maximum atomic E-state index is 12.0. The molecule has 4 rings (SSSR count). The molecular formula is C24H27N5OS. The fourth-order valence-corrected chi connectivity index (χ4v) is 4.54. The number of hydrogen-bond donors (Lipinski definition) is 3. The summed E-state index contributed by atoms with van der Waals surface area (Å²) in [6.45, 7) is 3.47. The van der Waals surface area contributed by atoms with Crippen molar-refractivity contribution in [1.82, 2.24) is 15.6 Å². The van der Waals surface area contributed by atoms with Crippen molar-refractivity contribution in [2.45, 2.75) is 25.7 Å². The van der Waals surface area contributed by atoms with E-state index in [1.165, 1.54) is 5.56 Å². The molecule has 2 heterocycles. The van der Waals surface area contributed by atoms with Crippen LogP contribution in [0.1, 0.15) is 29.2 Å². The SMILES string of the molecule is CN=C(NCCc1csc(-c2ccc(C)cc2)n1)NCC1CC(=O)Nc2ccccc21. The molecule has 1 aliphatic rings. The van der Waals surface area contributed by atoms with E-state index in [1.54, 1.807) is 18.4 Å². The highest BCUT2D eigenvalue weighted by Crippen LogP contribution is 2.31. The highest BCUT2D eigenvalue weighted by Gasteiger charge is 2.24. The molecule has 7 heteroatoms. The molecule has 1 atom stereocenters. The number of carbonyl (C=O) groups is 1. The van der Waals surface area contributed by atoms with E-state index in [-0.39, 0.29) is 11.8 Å². The van der Waals surface area contributed by atoms with Crippen LogP contribution in [0.25, 0.3) is 10.6 Å². The molecule has 0 fully saturated rings. The molecule has 2 aromatic carbocycles. The summed E-state index contributed by atoms with van der Waals surface area (Å²) in [7, 11) is 1.76. The van der Waals surface area contributed by atoms with Gasteiger partial charge in [-0.3, -0.25) is 9.79 Å². The van der Waals surface area contributed by atoms with Crippen LogP contribution in [0.3, 0.4) is 0 Å². The van der Waals surface area contributed by atoms with Crippen LogP contribution in [-0.2, 0) is 11.2 Å². The standard InChI is InChI=1S/C24H27N5OS/c1-16-7-9-17(10-8-16)23-28-19(15-31-23)11-12-26-24(25-2)27-14-18-13-22(30)29-21-6-4-3-5-20(18)21/h3-10,15,18H,11-14H2,1-2H3,(H,29,30)(H2,25,26,27). The molecule has 0 saturated carbocycles. The summed E-state index contributed by atoms with van der Waals surface area (Å²) in [6.07, 6.45) is 1.29. The average molecular weight is 434 g/mol. The lowest BCUT2D eigenvalue weighted by Crippen LogP contribution is -2.41. The minimum absolute atomic E-state index is 0.0568. The second-order valence-corrected chi connectivity index (χ2v) is 8.53. The summed E-state index contributed by atoms with van der Waals surface area (Å²) in [5, 5.41) is 12.8. The quantitative estimate of drug-likeness (QED) is 0.406. The second-order valence-electron chi connectivity index (χ2n) is 7.68. The third kappa shape index (κ3) is 5.30. The number of nitrogens with one attached hydrogen (secondary N) is 3. The highest BCUT2D eigenvalue weighted by atomic mass is 32.1. The molecule has 0 aliphatic carbocycles. The predicted molar refractivity (Wildman–Crippen MR) is 128 cm³/mol. The first kappa shape index (κ1) is 21.1. The lowest BCUT2D eigenvalue weighted by molar-refractivity contribution is -0.116. The van der Waals surface area contributed by atoms with E-state index in [2.05, 4.69) is 63.6 Å². The number of anilines is 1. The van der Waals surface area contributed by atoms with Gasteiger partial charge in [0.25, 0.3) is 0 Å². The Labute approximate surface area is 186 Å². The summed E-state index contributed by atoms with van der Waals surface area (Å²) in [6, 6.07) is 16.4. The second kappa shape index (κ2) is 9.75. The Morgan fingerprint density at radius 1 is 1.19 bits per heavy atom. The van der Waals surface area contributed by atoms with Crippen molar-refractivity contribution in [3.8, 4) is 10.6 Å². The maximum absolute atomic E-state index is 12.0. The van der Waals surface area contributed by atoms with Crippen LogP contribution in [0.4, 0.5) is 5.69 Å². The largest absolute Gasteiger partial charge is 0.356 e. The van der Waals surface area contributed by atoms with Crippen LogP contribution in [0.5, 0.6) is 0 Å². The topological polar surface area (TPSA) is 78.4 Å². The number of benzene rings is 2. The Morgan fingerprint density at radius 3 is 2.81 bits per heavy atom. The van der Waals surface area contributed by atoms with E-state index < -0.39 is 0 Å². The van der Waals surface area contributed by atoms with Gasteiger partial charge in [0.1, 0.15) is 5.01 Å². The fourth-order valence-electron chi connectivity index (χ4n) is 3.68. The number of carbonyl (C=O) groups excluding carboxylic acids is 1. The number of nitrogens with zero attached hydrogens (tertiary/aromatic N) is 2. The van der Waals surface area contributed by atoms with Crippen LogP contribution in [0.2, 0.25) is 0 Å². The van der Waals surface area contributed by atoms with Crippen molar-refractivity contribution >= 4 is 28.9 Å². The summed E-state index contributed by atoms with van der Waals surface area (Å²) in [4.78, 5) is 21.1. The Morgan fingerprint density at radius 2 is 2.00 bits per heavy atom. The van der Waals surface area contributed by atoms with Crippen molar-refractivity contribution in [3.05, 3.63) is 70.7 Å². The number of hydrogen-bond acceptors (Lipinski definition) is 4. The van der Waals surface area contributed by atoms with Crippen molar-refractivity contribution in [2.24, 2.45) is 4.99 Å². The minimum Gasteiger partial charge on any atom is -0.356 e. The average Bonchev–Trinajstić information content (AvgIpc) is 3.25. The minimum atomic E-state index is 0.0568. The fraction of sp³-hybridized carbons (Fsp3) is 0.292. The Kier molecular flexibility index (Phi) is 6.62. The number of guanidine groups is 1. The Hall–Kier alpha value is -3.19. The normalized spacial score (nSPS) is 15.9.